The molecule has 2 amide bonds. The molecule has 2 aromatic rings. The van der Waals surface area contributed by atoms with Gasteiger partial charge in [0.25, 0.3) is 5.69 Å². The lowest BCUT2D eigenvalue weighted by atomic mass is 10.2. The van der Waals surface area contributed by atoms with E-state index >= 15 is 0 Å². The van der Waals surface area contributed by atoms with E-state index in [0.717, 1.165) is 24.1 Å². The third-order valence-electron chi connectivity index (χ3n) is 5.85. The van der Waals surface area contributed by atoms with Gasteiger partial charge >= 0.3 is 6.03 Å². The lowest BCUT2D eigenvalue weighted by Gasteiger charge is -2.36. The first-order valence-electron chi connectivity index (χ1n) is 10.7. The number of carbonyl (C=O) groups excluding carboxylic acids is 1. The number of anilines is 1. The summed E-state index contributed by atoms with van der Waals surface area (Å²) in [7, 11) is 0. The number of amides is 2. The zero-order valence-corrected chi connectivity index (χ0v) is 17.4. The van der Waals surface area contributed by atoms with Crippen molar-refractivity contribution >= 4 is 17.4 Å². The normalized spacial score (nSPS) is 16.9. The molecule has 1 aromatic heterocycles. The first kappa shape index (κ1) is 20.9. The topological polar surface area (TPSA) is 101 Å². The van der Waals surface area contributed by atoms with Crippen LogP contribution >= 0.6 is 0 Å². The summed E-state index contributed by atoms with van der Waals surface area (Å²) in [6.07, 6.45) is 6.43. The molecule has 4 rings (SSSR count). The van der Waals surface area contributed by atoms with E-state index in [1.54, 1.807) is 23.2 Å². The number of nitro benzene ring substituents is 1. The van der Waals surface area contributed by atoms with Gasteiger partial charge in [-0.3, -0.25) is 10.1 Å². The van der Waals surface area contributed by atoms with Crippen molar-refractivity contribution in [2.75, 3.05) is 31.1 Å². The molecule has 0 spiro atoms. The molecule has 2 heterocycles. The maximum atomic E-state index is 12.7. The number of benzene rings is 1. The Balaban J connectivity index is 1.27. The third-order valence-corrected chi connectivity index (χ3v) is 5.85. The summed E-state index contributed by atoms with van der Waals surface area (Å²) in [5.41, 5.74) is 1.88. The van der Waals surface area contributed by atoms with Gasteiger partial charge < -0.3 is 19.9 Å². The molecule has 9 heteroatoms. The lowest BCUT2D eigenvalue weighted by molar-refractivity contribution is -0.384. The molecular formula is C22H27N5O4. The van der Waals surface area contributed by atoms with Gasteiger partial charge in [-0.25, -0.2) is 9.78 Å². The highest BCUT2D eigenvalue weighted by Gasteiger charge is 2.23. The first-order chi connectivity index (χ1) is 15.1. The molecule has 0 unspecified atom stereocenters. The molecule has 1 saturated heterocycles. The Hall–Kier alpha value is -3.36. The number of piperazine rings is 1. The first-order valence-corrected chi connectivity index (χ1v) is 10.7. The number of non-ortho nitro benzene ring substituents is 1. The molecule has 2 aliphatic rings. The van der Waals surface area contributed by atoms with Crippen molar-refractivity contribution in [1.82, 2.24) is 15.2 Å². The van der Waals surface area contributed by atoms with E-state index in [1.807, 2.05) is 12.1 Å². The molecular weight excluding hydrogens is 398 g/mol. The second-order valence-electron chi connectivity index (χ2n) is 7.90. The summed E-state index contributed by atoms with van der Waals surface area (Å²) in [6.45, 7) is 2.89. The van der Waals surface area contributed by atoms with Crippen LogP contribution < -0.4 is 15.0 Å². The highest BCUT2D eigenvalue weighted by atomic mass is 16.6. The van der Waals surface area contributed by atoms with Crippen molar-refractivity contribution < 1.29 is 14.5 Å². The Morgan fingerprint density at radius 3 is 2.52 bits per heavy atom. The average Bonchev–Trinajstić information content (AvgIpc) is 3.31. The van der Waals surface area contributed by atoms with E-state index < -0.39 is 4.92 Å². The molecule has 0 radical (unpaired) electrons. The van der Waals surface area contributed by atoms with Gasteiger partial charge in [0.15, 0.2) is 0 Å². The van der Waals surface area contributed by atoms with Crippen LogP contribution in [0.3, 0.4) is 0 Å². The van der Waals surface area contributed by atoms with E-state index in [1.165, 1.54) is 25.0 Å². The van der Waals surface area contributed by atoms with Crippen LogP contribution in [0.2, 0.25) is 0 Å². The van der Waals surface area contributed by atoms with Crippen LogP contribution in [-0.2, 0) is 6.54 Å². The van der Waals surface area contributed by atoms with Crippen molar-refractivity contribution in [3.63, 3.8) is 0 Å². The number of rotatable bonds is 6. The SMILES string of the molecule is O=C(NCc1cccnc1OC1CCCC1)N1CCN(c2ccc([N+](=O)[O-])cc2)CC1. The predicted molar refractivity (Wildman–Crippen MR) is 116 cm³/mol. The van der Waals surface area contributed by atoms with Crippen LogP contribution in [-0.4, -0.2) is 53.1 Å². The number of hydrogen-bond acceptors (Lipinski definition) is 6. The van der Waals surface area contributed by atoms with Crippen molar-refractivity contribution in [3.8, 4) is 5.88 Å². The van der Waals surface area contributed by atoms with Crippen LogP contribution in [0.25, 0.3) is 0 Å². The van der Waals surface area contributed by atoms with Gasteiger partial charge in [0.1, 0.15) is 6.10 Å². The van der Waals surface area contributed by atoms with Gasteiger partial charge in [-0.05, 0) is 43.9 Å². The largest absolute Gasteiger partial charge is 0.474 e. The molecule has 0 bridgehead atoms. The molecule has 0 atom stereocenters. The smallest absolute Gasteiger partial charge is 0.317 e. The maximum absolute atomic E-state index is 12.7. The van der Waals surface area contributed by atoms with Crippen LogP contribution in [0.5, 0.6) is 5.88 Å². The summed E-state index contributed by atoms with van der Waals surface area (Å²) in [6, 6.07) is 10.2. The molecule has 9 nitrogen and oxygen atoms in total. The molecule has 164 valence electrons. The number of nitrogens with one attached hydrogen (secondary N) is 1. The number of hydrogen-bond donors (Lipinski definition) is 1. The zero-order valence-electron chi connectivity index (χ0n) is 17.4. The van der Waals surface area contributed by atoms with Gasteiger partial charge in [0.2, 0.25) is 5.88 Å². The molecule has 1 aromatic carbocycles. The van der Waals surface area contributed by atoms with Gasteiger partial charge in [-0.1, -0.05) is 6.07 Å². The van der Waals surface area contributed by atoms with E-state index in [-0.39, 0.29) is 17.8 Å². The summed E-state index contributed by atoms with van der Waals surface area (Å²) >= 11 is 0. The highest BCUT2D eigenvalue weighted by molar-refractivity contribution is 5.74. The third kappa shape index (κ3) is 5.22. The fourth-order valence-corrected chi connectivity index (χ4v) is 4.06. The monoisotopic (exact) mass is 425 g/mol. The Labute approximate surface area is 181 Å². The summed E-state index contributed by atoms with van der Waals surface area (Å²) in [5, 5.41) is 13.8. The minimum atomic E-state index is -0.404. The fraction of sp³-hybridized carbons (Fsp3) is 0.455. The Bertz CT molecular complexity index is 906. The number of carbonyl (C=O) groups is 1. The van der Waals surface area contributed by atoms with Crippen LogP contribution in [0.15, 0.2) is 42.6 Å². The number of nitro groups is 1. The Morgan fingerprint density at radius 1 is 1.13 bits per heavy atom. The van der Waals surface area contributed by atoms with Crippen molar-refractivity contribution in [2.45, 2.75) is 38.3 Å². The summed E-state index contributed by atoms with van der Waals surface area (Å²) in [5.74, 6) is 0.609. The minimum Gasteiger partial charge on any atom is -0.474 e. The van der Waals surface area contributed by atoms with Crippen LogP contribution in [0, 0.1) is 10.1 Å². The van der Waals surface area contributed by atoms with E-state index in [0.29, 0.717) is 38.6 Å². The quantitative estimate of drug-likeness (QED) is 0.563. The predicted octanol–water partition coefficient (Wildman–Crippen LogP) is 3.34. The van der Waals surface area contributed by atoms with Crippen molar-refractivity contribution in [1.29, 1.82) is 0 Å². The molecule has 1 aliphatic heterocycles. The lowest BCUT2D eigenvalue weighted by Crippen LogP contribution is -2.51. The van der Waals surface area contributed by atoms with Gasteiger partial charge in [0.05, 0.1) is 4.92 Å². The van der Waals surface area contributed by atoms with Crippen LogP contribution in [0.4, 0.5) is 16.2 Å². The number of nitrogens with zero attached hydrogens (tertiary/aromatic N) is 4. The summed E-state index contributed by atoms with van der Waals surface area (Å²) in [4.78, 5) is 31.3. The number of ether oxygens (including phenoxy) is 1. The van der Waals surface area contributed by atoms with Crippen molar-refractivity contribution in [3.05, 3.63) is 58.3 Å². The van der Waals surface area contributed by atoms with Gasteiger partial charge in [-0.15, -0.1) is 0 Å². The Morgan fingerprint density at radius 2 is 1.84 bits per heavy atom. The molecule has 1 aliphatic carbocycles. The second-order valence-corrected chi connectivity index (χ2v) is 7.90. The zero-order chi connectivity index (χ0) is 21.6. The van der Waals surface area contributed by atoms with Gasteiger partial charge in [0, 0.05) is 62.3 Å². The molecule has 31 heavy (non-hydrogen) atoms. The number of urea groups is 1. The molecule has 1 saturated carbocycles. The average molecular weight is 425 g/mol. The minimum absolute atomic E-state index is 0.0773. The number of aromatic nitrogens is 1. The fourth-order valence-electron chi connectivity index (χ4n) is 4.06. The van der Waals surface area contributed by atoms with Crippen molar-refractivity contribution in [2.24, 2.45) is 0 Å². The van der Waals surface area contributed by atoms with Gasteiger partial charge in [-0.2, -0.15) is 0 Å². The van der Waals surface area contributed by atoms with E-state index in [2.05, 4.69) is 15.2 Å². The van der Waals surface area contributed by atoms with E-state index in [4.69, 9.17) is 4.74 Å². The number of pyridine rings is 1. The standard InChI is InChI=1S/C22H27N5O4/c28-22(24-16-17-4-3-11-23-21(17)31-20-5-1-2-6-20)26-14-12-25(13-15-26)18-7-9-19(10-8-18)27(29)30/h3-4,7-11,20H,1-2,5-6,12-16H2,(H,24,28). The molecule has 2 fully saturated rings. The molecule has 1 N–H and O–H groups in total. The maximum Gasteiger partial charge on any atom is 0.317 e. The Kier molecular flexibility index (Phi) is 6.49. The second kappa shape index (κ2) is 9.63. The van der Waals surface area contributed by atoms with E-state index in [9.17, 15) is 14.9 Å². The van der Waals surface area contributed by atoms with Crippen LogP contribution in [0.1, 0.15) is 31.2 Å². The highest BCUT2D eigenvalue weighted by Crippen LogP contribution is 2.25. The summed E-state index contributed by atoms with van der Waals surface area (Å²) < 4.78 is 6.05.